The molecule has 14 heavy (non-hydrogen) atoms. The van der Waals surface area contributed by atoms with Crippen LogP contribution in [0.5, 0.6) is 5.75 Å². The molecule has 0 saturated heterocycles. The Morgan fingerprint density at radius 1 is 1.50 bits per heavy atom. The normalized spacial score (nSPS) is 9.57. The van der Waals surface area contributed by atoms with E-state index in [1.807, 2.05) is 0 Å². The van der Waals surface area contributed by atoms with Crippen molar-refractivity contribution < 1.29 is 14.3 Å². The van der Waals surface area contributed by atoms with Crippen molar-refractivity contribution in [1.29, 1.82) is 0 Å². The van der Waals surface area contributed by atoms with Gasteiger partial charge in [0.15, 0.2) is 0 Å². The van der Waals surface area contributed by atoms with Gasteiger partial charge in [0.1, 0.15) is 5.75 Å². The Morgan fingerprint density at radius 2 is 2.29 bits per heavy atom. The summed E-state index contributed by atoms with van der Waals surface area (Å²) in [6.07, 6.45) is 0.697. The molecule has 0 amide bonds. The number of esters is 1. The third-order valence-electron chi connectivity index (χ3n) is 1.67. The molecular weight excluding hydrogens is 180 g/mol. The van der Waals surface area contributed by atoms with Crippen molar-refractivity contribution in [2.24, 2.45) is 0 Å². The smallest absolute Gasteiger partial charge is 0.337 e. The molecule has 0 N–H and O–H groups in total. The first-order valence-corrected chi connectivity index (χ1v) is 4.38. The van der Waals surface area contributed by atoms with Crippen LogP contribution in [0.1, 0.15) is 16.8 Å². The van der Waals surface area contributed by atoms with Crippen molar-refractivity contribution >= 4 is 5.97 Å². The largest absolute Gasteiger partial charge is 0.494 e. The Morgan fingerprint density at radius 3 is 2.93 bits per heavy atom. The standard InChI is InChI=1S/C11H13O3/c1-3-7-14-10-6-4-5-9(8-10)11(12)13-2/h4-6,8H,1,3,7H2,2H3. The van der Waals surface area contributed by atoms with Crippen LogP contribution in [0.3, 0.4) is 0 Å². The summed E-state index contributed by atoms with van der Waals surface area (Å²) in [5.41, 5.74) is 0.495. The van der Waals surface area contributed by atoms with E-state index in [4.69, 9.17) is 4.74 Å². The molecular formula is C11H13O3. The van der Waals surface area contributed by atoms with Gasteiger partial charge in [0.05, 0.1) is 19.3 Å². The molecule has 3 nitrogen and oxygen atoms in total. The van der Waals surface area contributed by atoms with Crippen LogP contribution >= 0.6 is 0 Å². The zero-order valence-corrected chi connectivity index (χ0v) is 8.16. The zero-order valence-electron chi connectivity index (χ0n) is 8.16. The summed E-state index contributed by atoms with van der Waals surface area (Å²) in [5, 5.41) is 0. The molecule has 0 fully saturated rings. The van der Waals surface area contributed by atoms with E-state index in [2.05, 4.69) is 11.7 Å². The highest BCUT2D eigenvalue weighted by Gasteiger charge is 2.05. The predicted molar refractivity (Wildman–Crippen MR) is 53.3 cm³/mol. The van der Waals surface area contributed by atoms with E-state index < -0.39 is 0 Å². The Hall–Kier alpha value is -1.51. The van der Waals surface area contributed by atoms with Gasteiger partial charge in [-0.15, -0.1) is 0 Å². The minimum atomic E-state index is -0.356. The van der Waals surface area contributed by atoms with E-state index in [1.165, 1.54) is 7.11 Å². The molecule has 0 spiro atoms. The first kappa shape index (κ1) is 10.6. The minimum Gasteiger partial charge on any atom is -0.494 e. The molecule has 0 saturated carbocycles. The lowest BCUT2D eigenvalue weighted by Gasteiger charge is -2.05. The van der Waals surface area contributed by atoms with Crippen LogP contribution in [0.15, 0.2) is 24.3 Å². The lowest BCUT2D eigenvalue weighted by Crippen LogP contribution is -2.02. The van der Waals surface area contributed by atoms with Crippen LogP contribution in [0, 0.1) is 6.92 Å². The molecule has 0 aliphatic rings. The van der Waals surface area contributed by atoms with Gasteiger partial charge in [-0.2, -0.15) is 0 Å². The van der Waals surface area contributed by atoms with Crippen molar-refractivity contribution in [3.8, 4) is 5.75 Å². The summed E-state index contributed by atoms with van der Waals surface area (Å²) in [5.74, 6) is 0.307. The molecule has 0 unspecified atom stereocenters. The van der Waals surface area contributed by atoms with Gasteiger partial charge >= 0.3 is 5.97 Å². The van der Waals surface area contributed by atoms with Crippen LogP contribution < -0.4 is 4.74 Å². The summed E-state index contributed by atoms with van der Waals surface area (Å²) in [6, 6.07) is 6.89. The van der Waals surface area contributed by atoms with Crippen LogP contribution in [0.2, 0.25) is 0 Å². The van der Waals surface area contributed by atoms with Crippen LogP contribution in [0.4, 0.5) is 0 Å². The second-order valence-corrected chi connectivity index (χ2v) is 2.72. The van der Waals surface area contributed by atoms with E-state index in [1.54, 1.807) is 24.3 Å². The molecule has 0 aromatic heterocycles. The molecule has 0 aliphatic carbocycles. The maximum absolute atomic E-state index is 11.1. The number of ether oxygens (including phenoxy) is 2. The fourth-order valence-electron chi connectivity index (χ4n) is 1.02. The Balaban J connectivity index is 2.73. The van der Waals surface area contributed by atoms with E-state index in [-0.39, 0.29) is 5.97 Å². The van der Waals surface area contributed by atoms with Crippen LogP contribution in [-0.2, 0) is 4.74 Å². The lowest BCUT2D eigenvalue weighted by atomic mass is 10.2. The number of carbonyl (C=O) groups excluding carboxylic acids is 1. The molecule has 1 radical (unpaired) electrons. The highest BCUT2D eigenvalue weighted by atomic mass is 16.5. The van der Waals surface area contributed by atoms with Gasteiger partial charge in [-0.1, -0.05) is 6.07 Å². The molecule has 1 rings (SSSR count). The molecule has 75 valence electrons. The van der Waals surface area contributed by atoms with Crippen molar-refractivity contribution in [1.82, 2.24) is 0 Å². The summed E-state index contributed by atoms with van der Waals surface area (Å²) in [7, 11) is 1.35. The number of rotatable bonds is 4. The van der Waals surface area contributed by atoms with E-state index in [9.17, 15) is 4.79 Å². The van der Waals surface area contributed by atoms with E-state index in [0.717, 1.165) is 0 Å². The van der Waals surface area contributed by atoms with Crippen molar-refractivity contribution in [2.45, 2.75) is 6.42 Å². The number of benzene rings is 1. The number of methoxy groups -OCH3 is 1. The number of carbonyl (C=O) groups is 1. The number of hydrogen-bond donors (Lipinski definition) is 0. The van der Waals surface area contributed by atoms with Gasteiger partial charge < -0.3 is 9.47 Å². The topological polar surface area (TPSA) is 35.5 Å². The van der Waals surface area contributed by atoms with Gasteiger partial charge in [0.2, 0.25) is 0 Å². The zero-order chi connectivity index (χ0) is 10.4. The molecule has 0 atom stereocenters. The Labute approximate surface area is 83.6 Å². The third-order valence-corrected chi connectivity index (χ3v) is 1.67. The first-order chi connectivity index (χ1) is 6.77. The summed E-state index contributed by atoms with van der Waals surface area (Å²) >= 11 is 0. The van der Waals surface area contributed by atoms with Gasteiger partial charge in [0.25, 0.3) is 0 Å². The molecule has 0 bridgehead atoms. The highest BCUT2D eigenvalue weighted by Crippen LogP contribution is 2.14. The Kier molecular flexibility index (Phi) is 3.98. The first-order valence-electron chi connectivity index (χ1n) is 4.38. The van der Waals surface area contributed by atoms with Crippen molar-refractivity contribution in [3.63, 3.8) is 0 Å². The molecule has 0 heterocycles. The van der Waals surface area contributed by atoms with Crippen LogP contribution in [0.25, 0.3) is 0 Å². The summed E-state index contributed by atoms with van der Waals surface area (Å²) in [4.78, 5) is 11.1. The monoisotopic (exact) mass is 193 g/mol. The summed E-state index contributed by atoms with van der Waals surface area (Å²) < 4.78 is 9.91. The average Bonchev–Trinajstić information content (AvgIpc) is 2.25. The average molecular weight is 193 g/mol. The fourth-order valence-corrected chi connectivity index (χ4v) is 1.02. The lowest BCUT2D eigenvalue weighted by molar-refractivity contribution is 0.0600. The van der Waals surface area contributed by atoms with Gasteiger partial charge in [-0.25, -0.2) is 4.79 Å². The molecule has 1 aromatic carbocycles. The maximum atomic E-state index is 11.1. The van der Waals surface area contributed by atoms with Crippen molar-refractivity contribution in [2.75, 3.05) is 13.7 Å². The fraction of sp³-hybridized carbons (Fsp3) is 0.273. The van der Waals surface area contributed by atoms with Gasteiger partial charge in [-0.05, 0) is 31.5 Å². The molecule has 1 aromatic rings. The predicted octanol–water partition coefficient (Wildman–Crippen LogP) is 2.08. The quantitative estimate of drug-likeness (QED) is 0.687. The van der Waals surface area contributed by atoms with Gasteiger partial charge in [-0.3, -0.25) is 0 Å². The highest BCUT2D eigenvalue weighted by molar-refractivity contribution is 5.89. The van der Waals surface area contributed by atoms with Crippen molar-refractivity contribution in [3.05, 3.63) is 36.8 Å². The minimum absolute atomic E-state index is 0.356. The third kappa shape index (κ3) is 2.76. The van der Waals surface area contributed by atoms with E-state index >= 15 is 0 Å². The second-order valence-electron chi connectivity index (χ2n) is 2.72. The second kappa shape index (κ2) is 5.27. The maximum Gasteiger partial charge on any atom is 0.337 e. The van der Waals surface area contributed by atoms with E-state index in [0.29, 0.717) is 24.3 Å². The SMILES string of the molecule is [CH2]CCOc1cccc(C(=O)OC)c1. The Bertz CT molecular complexity index is 307. The molecule has 3 heteroatoms. The molecule has 0 aliphatic heterocycles. The van der Waals surface area contributed by atoms with Crippen LogP contribution in [-0.4, -0.2) is 19.7 Å². The number of hydrogen-bond acceptors (Lipinski definition) is 3. The summed E-state index contributed by atoms with van der Waals surface area (Å²) in [6.45, 7) is 4.20. The van der Waals surface area contributed by atoms with Gasteiger partial charge in [0, 0.05) is 0 Å².